The number of benzene rings is 2. The van der Waals surface area contributed by atoms with E-state index >= 15 is 0 Å². The summed E-state index contributed by atoms with van der Waals surface area (Å²) in [7, 11) is -7.25. The first kappa shape index (κ1) is 26.6. The Morgan fingerprint density at radius 3 is 1.26 bits per heavy atom. The van der Waals surface area contributed by atoms with Crippen LogP contribution in [0.2, 0.25) is 0 Å². The van der Waals surface area contributed by atoms with E-state index in [2.05, 4.69) is 9.44 Å². The Hall–Kier alpha value is -1.96. The number of quaternary nitrogens is 2. The summed E-state index contributed by atoms with van der Waals surface area (Å²) in [5, 5.41) is 0. The van der Waals surface area contributed by atoms with Gasteiger partial charge in [-0.25, -0.2) is 35.1 Å². The average molecular weight is 519 g/mol. The molecule has 4 N–H and O–H groups in total. The number of hydrogen-bond donors (Lipinski definition) is 4. The van der Waals surface area contributed by atoms with Crippen molar-refractivity contribution in [2.75, 3.05) is 52.4 Å². The summed E-state index contributed by atoms with van der Waals surface area (Å²) in [5.74, 6) is -0.953. The third-order valence-corrected chi connectivity index (χ3v) is 8.86. The highest BCUT2D eigenvalue weighted by Gasteiger charge is 2.23. The Kier molecular flexibility index (Phi) is 9.51. The Bertz CT molecular complexity index is 1030. The maximum Gasteiger partial charge on any atom is 0.240 e. The molecule has 1 fully saturated rings. The third kappa shape index (κ3) is 8.07. The van der Waals surface area contributed by atoms with E-state index in [0.29, 0.717) is 25.9 Å². The van der Waals surface area contributed by atoms with E-state index in [4.69, 9.17) is 0 Å². The highest BCUT2D eigenvalue weighted by Crippen LogP contribution is 2.10. The molecule has 0 bridgehead atoms. The minimum absolute atomic E-state index is 0.0541. The molecule has 12 heteroatoms. The van der Waals surface area contributed by atoms with Crippen molar-refractivity contribution in [3.8, 4) is 0 Å². The van der Waals surface area contributed by atoms with Crippen molar-refractivity contribution in [3.63, 3.8) is 0 Å². The van der Waals surface area contributed by atoms with Gasteiger partial charge in [0, 0.05) is 25.9 Å². The Morgan fingerprint density at radius 1 is 0.618 bits per heavy atom. The minimum Gasteiger partial charge on any atom is -0.326 e. The van der Waals surface area contributed by atoms with Crippen molar-refractivity contribution in [1.82, 2.24) is 9.44 Å². The van der Waals surface area contributed by atoms with E-state index in [1.807, 2.05) is 0 Å². The van der Waals surface area contributed by atoms with Crippen molar-refractivity contribution < 1.29 is 35.4 Å². The van der Waals surface area contributed by atoms with Gasteiger partial charge in [0.2, 0.25) is 20.0 Å². The monoisotopic (exact) mass is 518 g/mol. The van der Waals surface area contributed by atoms with Gasteiger partial charge in [0.1, 0.15) is 37.8 Å². The van der Waals surface area contributed by atoms with Crippen LogP contribution in [0, 0.1) is 11.6 Å². The quantitative estimate of drug-likeness (QED) is 0.265. The molecule has 0 atom stereocenters. The fourth-order valence-corrected chi connectivity index (χ4v) is 6.09. The fraction of sp³-hybridized carbons (Fsp3) is 0.455. The van der Waals surface area contributed by atoms with Crippen LogP contribution in [0.25, 0.3) is 0 Å². The van der Waals surface area contributed by atoms with Crippen molar-refractivity contribution in [2.45, 2.75) is 22.6 Å². The molecule has 8 nitrogen and oxygen atoms in total. The van der Waals surface area contributed by atoms with Gasteiger partial charge in [-0.15, -0.1) is 0 Å². The van der Waals surface area contributed by atoms with E-state index in [-0.39, 0.29) is 9.79 Å². The molecule has 1 heterocycles. The number of rotatable bonds is 12. The Morgan fingerprint density at radius 2 is 0.941 bits per heavy atom. The second kappa shape index (κ2) is 12.1. The van der Waals surface area contributed by atoms with Crippen LogP contribution in [-0.2, 0) is 20.0 Å². The summed E-state index contributed by atoms with van der Waals surface area (Å²) < 4.78 is 79.9. The molecule has 2 aromatic carbocycles. The molecule has 0 aliphatic carbocycles. The van der Waals surface area contributed by atoms with Crippen LogP contribution in [0.3, 0.4) is 0 Å². The summed E-state index contributed by atoms with van der Waals surface area (Å²) in [6, 6.07) is 9.50. The fourth-order valence-electron chi connectivity index (χ4n) is 3.94. The van der Waals surface area contributed by atoms with Gasteiger partial charge in [0.05, 0.1) is 22.9 Å². The van der Waals surface area contributed by atoms with Crippen molar-refractivity contribution in [2.24, 2.45) is 0 Å². The largest absolute Gasteiger partial charge is 0.326 e. The van der Waals surface area contributed by atoms with Crippen LogP contribution in [0.4, 0.5) is 8.78 Å². The van der Waals surface area contributed by atoms with Crippen LogP contribution >= 0.6 is 0 Å². The third-order valence-electron chi connectivity index (χ3n) is 5.91. The number of piperazine rings is 1. The predicted octanol–water partition coefficient (Wildman–Crippen LogP) is -1.21. The zero-order chi connectivity index (χ0) is 24.6. The second-order valence-corrected chi connectivity index (χ2v) is 11.9. The van der Waals surface area contributed by atoms with Crippen LogP contribution in [-0.4, -0.2) is 69.2 Å². The van der Waals surface area contributed by atoms with E-state index in [0.717, 1.165) is 63.5 Å². The molecule has 1 aliphatic rings. The van der Waals surface area contributed by atoms with Gasteiger partial charge in [0.25, 0.3) is 0 Å². The molecular formula is C22H32F2N4O4S2+2. The maximum absolute atomic E-state index is 13.0. The molecule has 0 radical (unpaired) electrons. The first-order chi connectivity index (χ1) is 16.2. The summed E-state index contributed by atoms with van der Waals surface area (Å²) in [6.07, 6.45) is 1.41. The molecule has 1 aliphatic heterocycles. The van der Waals surface area contributed by atoms with Gasteiger partial charge < -0.3 is 9.80 Å². The second-order valence-electron chi connectivity index (χ2n) is 8.41. The number of sulfonamides is 2. The molecule has 0 aromatic heterocycles. The van der Waals surface area contributed by atoms with Crippen LogP contribution in [0.5, 0.6) is 0 Å². The molecule has 34 heavy (non-hydrogen) atoms. The number of hydrogen-bond acceptors (Lipinski definition) is 4. The van der Waals surface area contributed by atoms with Gasteiger partial charge in [0.15, 0.2) is 0 Å². The van der Waals surface area contributed by atoms with Gasteiger partial charge in [-0.3, -0.25) is 0 Å². The minimum atomic E-state index is -3.63. The van der Waals surface area contributed by atoms with E-state index < -0.39 is 31.7 Å². The first-order valence-electron chi connectivity index (χ1n) is 11.3. The van der Waals surface area contributed by atoms with E-state index in [1.54, 1.807) is 0 Å². The SMILES string of the molecule is O=S(=O)(NCCC[NH+]1CC[NH+](CCCNS(=O)(=O)c2ccc(F)cc2)CC1)c1ccc(F)cc1. The van der Waals surface area contributed by atoms with Crippen molar-refractivity contribution >= 4 is 20.0 Å². The predicted molar refractivity (Wildman–Crippen MR) is 124 cm³/mol. The zero-order valence-corrected chi connectivity index (χ0v) is 20.5. The van der Waals surface area contributed by atoms with Crippen molar-refractivity contribution in [3.05, 3.63) is 60.2 Å². The van der Waals surface area contributed by atoms with Crippen LogP contribution in [0.1, 0.15) is 12.8 Å². The van der Waals surface area contributed by atoms with Gasteiger partial charge in [-0.05, 0) is 48.5 Å². The molecule has 3 rings (SSSR count). The van der Waals surface area contributed by atoms with Crippen LogP contribution in [0.15, 0.2) is 58.3 Å². The number of nitrogens with one attached hydrogen (secondary N) is 4. The summed E-state index contributed by atoms with van der Waals surface area (Å²) in [4.78, 5) is 2.94. The molecular weight excluding hydrogens is 486 g/mol. The highest BCUT2D eigenvalue weighted by atomic mass is 32.2. The first-order valence-corrected chi connectivity index (χ1v) is 14.3. The highest BCUT2D eigenvalue weighted by molar-refractivity contribution is 7.89. The lowest BCUT2D eigenvalue weighted by Crippen LogP contribution is -3.28. The van der Waals surface area contributed by atoms with Crippen LogP contribution < -0.4 is 19.2 Å². The van der Waals surface area contributed by atoms with Crippen molar-refractivity contribution in [1.29, 1.82) is 0 Å². The summed E-state index contributed by atoms with van der Waals surface area (Å²) in [6.45, 7) is 6.26. The molecule has 0 unspecified atom stereocenters. The van der Waals surface area contributed by atoms with E-state index in [1.165, 1.54) is 34.1 Å². The smallest absolute Gasteiger partial charge is 0.240 e. The normalized spacial score (nSPS) is 19.2. The standard InChI is InChI=1S/C22H30F2N4O4S2/c23-19-3-7-21(8-4-19)33(29,30)25-11-1-13-27-15-17-28(18-16-27)14-2-12-26-34(31,32)22-9-5-20(24)6-10-22/h3-10,25-26H,1-2,11-18H2/p+2. The molecule has 188 valence electrons. The summed E-state index contributed by atoms with van der Waals surface area (Å²) in [5.41, 5.74) is 0. The summed E-state index contributed by atoms with van der Waals surface area (Å²) >= 11 is 0. The zero-order valence-electron chi connectivity index (χ0n) is 18.9. The van der Waals surface area contributed by atoms with Gasteiger partial charge in [-0.1, -0.05) is 0 Å². The average Bonchev–Trinajstić information content (AvgIpc) is 2.81. The molecule has 1 saturated heterocycles. The van der Waals surface area contributed by atoms with Gasteiger partial charge in [-0.2, -0.15) is 0 Å². The number of halogens is 2. The van der Waals surface area contributed by atoms with Gasteiger partial charge >= 0.3 is 0 Å². The lowest BCUT2D eigenvalue weighted by molar-refractivity contribution is -1.01. The molecule has 2 aromatic rings. The Balaban J connectivity index is 1.28. The molecule has 0 saturated carbocycles. The Labute approximate surface area is 200 Å². The lowest BCUT2D eigenvalue weighted by atomic mass is 10.2. The molecule has 0 amide bonds. The maximum atomic E-state index is 13.0. The molecule has 0 spiro atoms. The van der Waals surface area contributed by atoms with E-state index in [9.17, 15) is 25.6 Å². The lowest BCUT2D eigenvalue weighted by Gasteiger charge is -2.29. The topological polar surface area (TPSA) is 101 Å².